The van der Waals surface area contributed by atoms with Gasteiger partial charge in [-0.25, -0.2) is 0 Å². The van der Waals surface area contributed by atoms with Crippen LogP contribution in [0.15, 0.2) is 36.4 Å². The van der Waals surface area contributed by atoms with Crippen molar-refractivity contribution in [3.63, 3.8) is 0 Å². The number of unbranched alkanes of at least 4 members (excludes halogenated alkanes) is 1. The second-order valence-electron chi connectivity index (χ2n) is 6.49. The predicted molar refractivity (Wildman–Crippen MR) is 104 cm³/mol. The molecular weight excluding hydrogens is 369 g/mol. The standard InChI is InChI=1S/C21H23F3N2O2/c1-27-16-10-6-11-17(28-2)18(16)20-14(7-3-4-12-25)13-8-5-9-15(19(13)26-20)21(22,23)24/h5-6,8-11,26H,3-4,7,12,25H2,1-2H3. The Morgan fingerprint density at radius 2 is 1.61 bits per heavy atom. The van der Waals surface area contributed by atoms with E-state index in [4.69, 9.17) is 15.2 Å². The molecule has 1 aromatic heterocycles. The smallest absolute Gasteiger partial charge is 0.418 e. The third kappa shape index (κ3) is 3.67. The Morgan fingerprint density at radius 1 is 0.964 bits per heavy atom. The minimum atomic E-state index is -4.46. The van der Waals surface area contributed by atoms with Crippen molar-refractivity contribution in [2.45, 2.75) is 25.4 Å². The van der Waals surface area contributed by atoms with E-state index in [0.717, 1.165) is 24.5 Å². The van der Waals surface area contributed by atoms with E-state index < -0.39 is 11.7 Å². The molecule has 0 aliphatic heterocycles. The Morgan fingerprint density at radius 3 is 2.18 bits per heavy atom. The summed E-state index contributed by atoms with van der Waals surface area (Å²) < 4.78 is 51.7. The minimum absolute atomic E-state index is 0.0701. The lowest BCUT2D eigenvalue weighted by molar-refractivity contribution is -0.136. The van der Waals surface area contributed by atoms with E-state index >= 15 is 0 Å². The Kier molecular flexibility index (Phi) is 5.84. The summed E-state index contributed by atoms with van der Waals surface area (Å²) in [6, 6.07) is 9.54. The fourth-order valence-electron chi connectivity index (χ4n) is 3.53. The molecule has 0 amide bonds. The molecule has 3 N–H and O–H groups in total. The van der Waals surface area contributed by atoms with E-state index in [2.05, 4.69) is 4.98 Å². The highest BCUT2D eigenvalue weighted by atomic mass is 19.4. The van der Waals surface area contributed by atoms with Crippen molar-refractivity contribution in [3.8, 4) is 22.8 Å². The first-order chi connectivity index (χ1) is 13.4. The van der Waals surface area contributed by atoms with E-state index in [0.29, 0.717) is 41.1 Å². The zero-order chi connectivity index (χ0) is 20.3. The van der Waals surface area contributed by atoms with Gasteiger partial charge in [0.05, 0.1) is 36.6 Å². The van der Waals surface area contributed by atoms with Crippen LogP contribution in [0.1, 0.15) is 24.0 Å². The molecule has 0 unspecified atom stereocenters. The third-order valence-corrected chi connectivity index (χ3v) is 4.81. The first-order valence-electron chi connectivity index (χ1n) is 9.04. The number of para-hydroxylation sites is 1. The van der Waals surface area contributed by atoms with Gasteiger partial charge in [0.15, 0.2) is 0 Å². The van der Waals surface area contributed by atoms with Gasteiger partial charge in [0.2, 0.25) is 0 Å². The maximum atomic E-state index is 13.6. The zero-order valence-corrected chi connectivity index (χ0v) is 15.8. The van der Waals surface area contributed by atoms with Crippen LogP contribution in [0.25, 0.3) is 22.2 Å². The summed E-state index contributed by atoms with van der Waals surface area (Å²) in [6.45, 7) is 0.531. The molecule has 0 aliphatic rings. The molecule has 0 bridgehead atoms. The average molecular weight is 392 g/mol. The fraction of sp³-hybridized carbons (Fsp3) is 0.333. The van der Waals surface area contributed by atoms with Crippen molar-refractivity contribution in [1.29, 1.82) is 0 Å². The van der Waals surface area contributed by atoms with Gasteiger partial charge < -0.3 is 20.2 Å². The third-order valence-electron chi connectivity index (χ3n) is 4.81. The molecule has 150 valence electrons. The molecule has 4 nitrogen and oxygen atoms in total. The van der Waals surface area contributed by atoms with E-state index in [1.807, 2.05) is 0 Å². The highest BCUT2D eigenvalue weighted by Gasteiger charge is 2.34. The van der Waals surface area contributed by atoms with Gasteiger partial charge in [-0.1, -0.05) is 18.2 Å². The monoisotopic (exact) mass is 392 g/mol. The quantitative estimate of drug-likeness (QED) is 0.547. The second kappa shape index (κ2) is 8.14. The summed E-state index contributed by atoms with van der Waals surface area (Å²) in [5.74, 6) is 1.05. The highest BCUT2D eigenvalue weighted by Crippen LogP contribution is 2.44. The highest BCUT2D eigenvalue weighted by molar-refractivity contribution is 5.95. The number of aryl methyl sites for hydroxylation is 1. The number of fused-ring (bicyclic) bond motifs is 1. The van der Waals surface area contributed by atoms with Crippen molar-refractivity contribution in [2.24, 2.45) is 5.73 Å². The SMILES string of the molecule is COc1cccc(OC)c1-c1[nH]c2c(C(F)(F)F)cccc2c1CCCCN. The van der Waals surface area contributed by atoms with E-state index in [1.54, 1.807) is 24.3 Å². The van der Waals surface area contributed by atoms with Crippen molar-refractivity contribution >= 4 is 10.9 Å². The lowest BCUT2D eigenvalue weighted by atomic mass is 9.98. The van der Waals surface area contributed by atoms with Gasteiger partial charge in [0.25, 0.3) is 0 Å². The van der Waals surface area contributed by atoms with Crippen LogP contribution in [-0.4, -0.2) is 25.7 Å². The van der Waals surface area contributed by atoms with Gasteiger partial charge in [0.1, 0.15) is 11.5 Å². The number of ether oxygens (including phenoxy) is 2. The van der Waals surface area contributed by atoms with Crippen molar-refractivity contribution in [1.82, 2.24) is 4.98 Å². The summed E-state index contributed by atoms with van der Waals surface area (Å²) in [4.78, 5) is 3.02. The first-order valence-corrected chi connectivity index (χ1v) is 9.04. The van der Waals surface area contributed by atoms with E-state index in [9.17, 15) is 13.2 Å². The number of H-pyrrole nitrogens is 1. The van der Waals surface area contributed by atoms with Crippen LogP contribution < -0.4 is 15.2 Å². The molecule has 0 radical (unpaired) electrons. The van der Waals surface area contributed by atoms with Crippen LogP contribution in [0.5, 0.6) is 11.5 Å². The van der Waals surface area contributed by atoms with Crippen molar-refractivity contribution in [2.75, 3.05) is 20.8 Å². The van der Waals surface area contributed by atoms with Crippen LogP contribution >= 0.6 is 0 Å². The number of aromatic nitrogens is 1. The molecule has 0 fully saturated rings. The zero-order valence-electron chi connectivity index (χ0n) is 15.8. The van der Waals surface area contributed by atoms with Gasteiger partial charge in [-0.15, -0.1) is 0 Å². The van der Waals surface area contributed by atoms with Crippen LogP contribution in [0.3, 0.4) is 0 Å². The van der Waals surface area contributed by atoms with E-state index in [1.165, 1.54) is 20.3 Å². The molecule has 1 heterocycles. The molecule has 7 heteroatoms. The van der Waals surface area contributed by atoms with Crippen molar-refractivity contribution in [3.05, 3.63) is 47.5 Å². The molecule has 0 spiro atoms. The largest absolute Gasteiger partial charge is 0.496 e. The van der Waals surface area contributed by atoms with E-state index in [-0.39, 0.29) is 5.52 Å². The molecular formula is C21H23F3N2O2. The maximum Gasteiger partial charge on any atom is 0.418 e. The summed E-state index contributed by atoms with van der Waals surface area (Å²) in [5, 5.41) is 0.551. The number of hydrogen-bond donors (Lipinski definition) is 2. The Balaban J connectivity index is 2.32. The number of halogens is 3. The maximum absolute atomic E-state index is 13.6. The van der Waals surface area contributed by atoms with Gasteiger partial charge in [-0.3, -0.25) is 0 Å². The van der Waals surface area contributed by atoms with Gasteiger partial charge in [-0.2, -0.15) is 13.2 Å². The number of nitrogens with one attached hydrogen (secondary N) is 1. The topological polar surface area (TPSA) is 60.3 Å². The average Bonchev–Trinajstić information content (AvgIpc) is 3.04. The molecule has 28 heavy (non-hydrogen) atoms. The minimum Gasteiger partial charge on any atom is -0.496 e. The summed E-state index contributed by atoms with van der Waals surface area (Å²) >= 11 is 0. The van der Waals surface area contributed by atoms with Gasteiger partial charge >= 0.3 is 6.18 Å². The molecule has 0 saturated carbocycles. The van der Waals surface area contributed by atoms with Crippen LogP contribution in [0, 0.1) is 0 Å². The molecule has 0 aliphatic carbocycles. The number of alkyl halides is 3. The number of hydrogen-bond acceptors (Lipinski definition) is 3. The molecule has 0 atom stereocenters. The number of benzene rings is 2. The summed E-state index contributed by atoms with van der Waals surface area (Å²) in [7, 11) is 3.05. The van der Waals surface area contributed by atoms with Gasteiger partial charge in [0, 0.05) is 5.39 Å². The number of rotatable bonds is 7. The first kappa shape index (κ1) is 20.1. The molecule has 2 aromatic carbocycles. The van der Waals surface area contributed by atoms with Crippen LogP contribution in [0.2, 0.25) is 0 Å². The lowest BCUT2D eigenvalue weighted by Gasteiger charge is -2.14. The Labute approximate surface area is 161 Å². The summed E-state index contributed by atoms with van der Waals surface area (Å²) in [5.41, 5.74) is 6.98. The molecule has 0 saturated heterocycles. The summed E-state index contributed by atoms with van der Waals surface area (Å²) in [6.07, 6.45) is -2.31. The van der Waals surface area contributed by atoms with Crippen LogP contribution in [-0.2, 0) is 12.6 Å². The molecule has 3 rings (SSSR count). The Bertz CT molecular complexity index is 942. The normalized spacial score (nSPS) is 11.8. The number of methoxy groups -OCH3 is 2. The number of nitrogens with two attached hydrogens (primary N) is 1. The second-order valence-corrected chi connectivity index (χ2v) is 6.49. The lowest BCUT2D eigenvalue weighted by Crippen LogP contribution is -2.05. The Hall–Kier alpha value is -2.67. The van der Waals surface area contributed by atoms with Crippen molar-refractivity contribution < 1.29 is 22.6 Å². The predicted octanol–water partition coefficient (Wildman–Crippen LogP) is 5.15. The van der Waals surface area contributed by atoms with Gasteiger partial charge in [-0.05, 0) is 49.6 Å². The fourth-order valence-corrected chi connectivity index (χ4v) is 3.53. The van der Waals surface area contributed by atoms with Crippen LogP contribution in [0.4, 0.5) is 13.2 Å². The number of aromatic amines is 1. The molecule has 3 aromatic rings.